The molecule has 0 saturated heterocycles. The number of nitro benzene ring substituents is 1. The van der Waals surface area contributed by atoms with Crippen molar-refractivity contribution in [1.82, 2.24) is 0 Å². The molecule has 0 heterocycles. The minimum Gasteiger partial charge on any atom is -0.396 e. The largest absolute Gasteiger partial charge is 0.396 e. The van der Waals surface area contributed by atoms with Crippen LogP contribution in [0.25, 0.3) is 0 Å². The molecule has 14 heavy (non-hydrogen) atoms. The number of nitrogens with two attached hydrogens (primary N) is 2. The zero-order chi connectivity index (χ0) is 11.0. The third-order valence-electron chi connectivity index (χ3n) is 1.84. The first kappa shape index (κ1) is 11.3. The van der Waals surface area contributed by atoms with Crippen molar-refractivity contribution in [2.45, 2.75) is 6.92 Å². The molecule has 0 spiro atoms. The molecular weight excluding hydrogens is 318 g/mol. The van der Waals surface area contributed by atoms with Gasteiger partial charge in [-0.2, -0.15) is 0 Å². The lowest BCUT2D eigenvalue weighted by molar-refractivity contribution is -0.384. The van der Waals surface area contributed by atoms with Crippen molar-refractivity contribution in [3.05, 3.63) is 24.6 Å². The number of nitrogen functional groups attached to an aromatic ring is 2. The summed E-state index contributed by atoms with van der Waals surface area (Å²) in [6.45, 7) is 1.60. The number of rotatable bonds is 1. The van der Waals surface area contributed by atoms with Gasteiger partial charge in [0.05, 0.1) is 15.1 Å². The molecule has 0 saturated carbocycles. The van der Waals surface area contributed by atoms with Gasteiger partial charge >= 0.3 is 0 Å². The highest BCUT2D eigenvalue weighted by Gasteiger charge is 2.23. The van der Waals surface area contributed by atoms with E-state index in [0.717, 1.165) is 0 Å². The number of nitrogens with zero attached hydrogens (tertiary/aromatic N) is 1. The van der Waals surface area contributed by atoms with Gasteiger partial charge in [-0.15, -0.1) is 0 Å². The van der Waals surface area contributed by atoms with Gasteiger partial charge in [0.1, 0.15) is 5.69 Å². The van der Waals surface area contributed by atoms with Crippen LogP contribution in [-0.4, -0.2) is 4.92 Å². The molecule has 0 aliphatic rings. The molecular formula is C7H7Br2N3O2. The molecule has 5 nitrogen and oxygen atoms in total. The van der Waals surface area contributed by atoms with Gasteiger partial charge in [0.25, 0.3) is 5.69 Å². The minimum absolute atomic E-state index is 0.0115. The summed E-state index contributed by atoms with van der Waals surface area (Å²) in [5.74, 6) is 0. The van der Waals surface area contributed by atoms with Gasteiger partial charge in [-0.25, -0.2) is 0 Å². The second-order valence-electron chi connectivity index (χ2n) is 2.69. The number of anilines is 2. The lowest BCUT2D eigenvalue weighted by Gasteiger charge is -2.09. The SMILES string of the molecule is Cc1c(Br)c(Br)c(N)c(N)c1[N+](=O)[O-]. The van der Waals surface area contributed by atoms with Crippen molar-refractivity contribution in [1.29, 1.82) is 0 Å². The molecule has 76 valence electrons. The van der Waals surface area contributed by atoms with Crippen LogP contribution in [0, 0.1) is 17.0 Å². The monoisotopic (exact) mass is 323 g/mol. The lowest BCUT2D eigenvalue weighted by atomic mass is 10.1. The first-order chi connectivity index (χ1) is 6.37. The van der Waals surface area contributed by atoms with Crippen molar-refractivity contribution in [3.8, 4) is 0 Å². The van der Waals surface area contributed by atoms with Crippen LogP contribution < -0.4 is 11.5 Å². The van der Waals surface area contributed by atoms with Gasteiger partial charge in [0.15, 0.2) is 0 Å². The first-order valence-corrected chi connectivity index (χ1v) is 5.13. The van der Waals surface area contributed by atoms with E-state index >= 15 is 0 Å². The molecule has 0 amide bonds. The predicted molar refractivity (Wildman–Crippen MR) is 62.1 cm³/mol. The zero-order valence-electron chi connectivity index (χ0n) is 7.17. The van der Waals surface area contributed by atoms with E-state index in [4.69, 9.17) is 11.5 Å². The Balaban J connectivity index is 3.68. The fourth-order valence-corrected chi connectivity index (χ4v) is 1.98. The summed E-state index contributed by atoms with van der Waals surface area (Å²) < 4.78 is 1.09. The molecule has 0 aromatic heterocycles. The summed E-state index contributed by atoms with van der Waals surface area (Å²) in [7, 11) is 0. The van der Waals surface area contributed by atoms with Crippen molar-refractivity contribution in [2.75, 3.05) is 11.5 Å². The smallest absolute Gasteiger partial charge is 0.298 e. The van der Waals surface area contributed by atoms with Crippen LogP contribution in [0.5, 0.6) is 0 Å². The van der Waals surface area contributed by atoms with E-state index < -0.39 is 4.92 Å². The summed E-state index contributed by atoms with van der Waals surface area (Å²) in [4.78, 5) is 10.1. The fraction of sp³-hybridized carbons (Fsp3) is 0.143. The quantitative estimate of drug-likeness (QED) is 0.471. The van der Waals surface area contributed by atoms with E-state index in [-0.39, 0.29) is 17.1 Å². The third-order valence-corrected chi connectivity index (χ3v) is 4.19. The van der Waals surface area contributed by atoms with Crippen molar-refractivity contribution >= 4 is 48.9 Å². The first-order valence-electron chi connectivity index (χ1n) is 3.54. The van der Waals surface area contributed by atoms with E-state index in [2.05, 4.69) is 31.9 Å². The highest BCUT2D eigenvalue weighted by Crippen LogP contribution is 2.42. The van der Waals surface area contributed by atoms with Crippen LogP contribution in [-0.2, 0) is 0 Å². The Morgan fingerprint density at radius 3 is 2.14 bits per heavy atom. The number of nitro groups is 1. The van der Waals surface area contributed by atoms with Gasteiger partial charge in [-0.3, -0.25) is 10.1 Å². The van der Waals surface area contributed by atoms with E-state index in [9.17, 15) is 10.1 Å². The van der Waals surface area contributed by atoms with Gasteiger partial charge in [0.2, 0.25) is 0 Å². The molecule has 0 radical (unpaired) electrons. The van der Waals surface area contributed by atoms with Crippen LogP contribution in [0.3, 0.4) is 0 Å². The maximum Gasteiger partial charge on any atom is 0.298 e. The maximum atomic E-state index is 10.7. The van der Waals surface area contributed by atoms with Crippen molar-refractivity contribution in [3.63, 3.8) is 0 Å². The average molecular weight is 325 g/mol. The molecule has 1 aromatic rings. The Morgan fingerprint density at radius 1 is 1.21 bits per heavy atom. The molecule has 0 aliphatic heterocycles. The van der Waals surface area contributed by atoms with Crippen LogP contribution in [0.2, 0.25) is 0 Å². The number of hydrogen-bond acceptors (Lipinski definition) is 4. The third kappa shape index (κ3) is 1.57. The van der Waals surface area contributed by atoms with Crippen LogP contribution in [0.15, 0.2) is 8.95 Å². The topological polar surface area (TPSA) is 95.2 Å². The summed E-state index contributed by atoms with van der Waals surface area (Å²) in [5, 5.41) is 10.7. The second-order valence-corrected chi connectivity index (χ2v) is 4.27. The van der Waals surface area contributed by atoms with Crippen LogP contribution in [0.4, 0.5) is 17.1 Å². The molecule has 1 rings (SSSR count). The molecule has 0 aliphatic carbocycles. The average Bonchev–Trinajstić information content (AvgIpc) is 2.11. The predicted octanol–water partition coefficient (Wildman–Crippen LogP) is 2.59. The van der Waals surface area contributed by atoms with E-state index in [0.29, 0.717) is 14.5 Å². The summed E-state index contributed by atoms with van der Waals surface area (Å²) in [6.07, 6.45) is 0. The molecule has 1 aromatic carbocycles. The Kier molecular flexibility index (Phi) is 3.01. The minimum atomic E-state index is -0.543. The van der Waals surface area contributed by atoms with E-state index in [1.165, 1.54) is 0 Å². The standard InChI is InChI=1S/C7H7Br2N3O2/c1-2-3(8)4(9)5(10)6(11)7(2)12(13)14/h10-11H2,1H3. The molecule has 0 fully saturated rings. The fourth-order valence-electron chi connectivity index (χ4n) is 1.07. The Hall–Kier alpha value is -0.820. The molecule has 0 unspecified atom stereocenters. The van der Waals surface area contributed by atoms with Gasteiger partial charge < -0.3 is 11.5 Å². The van der Waals surface area contributed by atoms with Crippen LogP contribution >= 0.6 is 31.9 Å². The summed E-state index contributed by atoms with van der Waals surface area (Å²) in [6, 6.07) is 0. The maximum absolute atomic E-state index is 10.7. The highest BCUT2D eigenvalue weighted by atomic mass is 79.9. The number of halogens is 2. The highest BCUT2D eigenvalue weighted by molar-refractivity contribution is 9.13. The van der Waals surface area contributed by atoms with E-state index in [1.54, 1.807) is 6.92 Å². The van der Waals surface area contributed by atoms with Crippen molar-refractivity contribution in [2.24, 2.45) is 0 Å². The van der Waals surface area contributed by atoms with Crippen molar-refractivity contribution < 1.29 is 4.92 Å². The summed E-state index contributed by atoms with van der Waals surface area (Å²) in [5.41, 5.74) is 11.6. The number of hydrogen-bond donors (Lipinski definition) is 2. The molecule has 4 N–H and O–H groups in total. The summed E-state index contributed by atoms with van der Waals surface area (Å²) >= 11 is 6.39. The van der Waals surface area contributed by atoms with Crippen LogP contribution in [0.1, 0.15) is 5.56 Å². The lowest BCUT2D eigenvalue weighted by Crippen LogP contribution is -2.04. The molecule has 7 heteroatoms. The Labute approximate surface area is 96.9 Å². The number of benzene rings is 1. The Bertz CT molecular complexity index is 391. The zero-order valence-corrected chi connectivity index (χ0v) is 10.3. The van der Waals surface area contributed by atoms with Gasteiger partial charge in [-0.05, 0) is 38.8 Å². The molecule has 0 atom stereocenters. The normalized spacial score (nSPS) is 10.2. The van der Waals surface area contributed by atoms with E-state index in [1.807, 2.05) is 0 Å². The molecule has 0 bridgehead atoms. The van der Waals surface area contributed by atoms with Gasteiger partial charge in [-0.1, -0.05) is 0 Å². The Morgan fingerprint density at radius 2 is 1.71 bits per heavy atom. The van der Waals surface area contributed by atoms with Gasteiger partial charge in [0, 0.05) is 10.0 Å². The second kappa shape index (κ2) is 3.74.